The van der Waals surface area contributed by atoms with Crippen LogP contribution in [0.1, 0.15) is 51.1 Å². The molecule has 2 aromatic carbocycles. The molecule has 88 valence electrons. The lowest BCUT2D eigenvalue weighted by molar-refractivity contribution is 0.750. The van der Waals surface area contributed by atoms with Crippen molar-refractivity contribution in [1.82, 2.24) is 0 Å². The minimum Gasteiger partial charge on any atom is -0.0620 e. The number of fused-ring (bicyclic) bond motifs is 7. The Morgan fingerprint density at radius 1 is 0.722 bits per heavy atom. The van der Waals surface area contributed by atoms with Gasteiger partial charge in [0.2, 0.25) is 0 Å². The maximum atomic E-state index is 2.47. The van der Waals surface area contributed by atoms with E-state index in [4.69, 9.17) is 0 Å². The van der Waals surface area contributed by atoms with Gasteiger partial charge in [-0.25, -0.2) is 0 Å². The molecular formula is C18H16. The van der Waals surface area contributed by atoms with E-state index in [1.54, 1.807) is 22.3 Å². The number of hydrogen-bond donors (Lipinski definition) is 0. The van der Waals surface area contributed by atoms with Gasteiger partial charge in [0.15, 0.2) is 0 Å². The second-order valence-electron chi connectivity index (χ2n) is 6.30. The second-order valence-corrected chi connectivity index (χ2v) is 6.30. The van der Waals surface area contributed by atoms with E-state index in [9.17, 15) is 0 Å². The van der Waals surface area contributed by atoms with Crippen LogP contribution in [-0.2, 0) is 0 Å². The van der Waals surface area contributed by atoms with Crippen LogP contribution in [0.5, 0.6) is 0 Å². The molecule has 0 aromatic heterocycles. The van der Waals surface area contributed by atoms with Crippen molar-refractivity contribution in [3.63, 3.8) is 0 Å². The van der Waals surface area contributed by atoms with Gasteiger partial charge in [0.25, 0.3) is 0 Å². The van der Waals surface area contributed by atoms with Gasteiger partial charge < -0.3 is 0 Å². The Morgan fingerprint density at radius 3 is 2.11 bits per heavy atom. The average Bonchev–Trinajstić information content (AvgIpc) is 2.92. The first-order chi connectivity index (χ1) is 8.77. The molecule has 1 fully saturated rings. The minimum absolute atomic E-state index is 0.713. The zero-order valence-corrected chi connectivity index (χ0v) is 10.8. The van der Waals surface area contributed by atoms with Crippen LogP contribution in [0.2, 0.25) is 0 Å². The highest BCUT2D eigenvalue weighted by Crippen LogP contribution is 2.77. The molecule has 0 nitrogen and oxygen atoms in total. The van der Waals surface area contributed by atoms with Crippen molar-refractivity contribution in [2.45, 2.75) is 31.6 Å². The largest absolute Gasteiger partial charge is 0.0620 e. The summed E-state index contributed by atoms with van der Waals surface area (Å²) in [5.74, 6) is 3.31. The normalized spacial score (nSPS) is 33.0. The van der Waals surface area contributed by atoms with Crippen LogP contribution in [0.3, 0.4) is 0 Å². The molecule has 0 N–H and O–H groups in total. The van der Waals surface area contributed by atoms with Gasteiger partial charge in [0, 0.05) is 5.92 Å². The monoisotopic (exact) mass is 232 g/mol. The Kier molecular flexibility index (Phi) is 1.41. The fraction of sp³-hybridized carbons (Fsp3) is 0.333. The first-order valence-electron chi connectivity index (χ1n) is 6.97. The molecule has 0 aliphatic heterocycles. The standard InChI is InChI=1S/C18H16/c1-9-7-13-14(8-10(9)2)17-16-12-6-4-3-5-11(12)15(13)18(16)17/h3-8,15-18H,1-2H3/t15-,16+,17+,18+/m1/s1. The lowest BCUT2D eigenvalue weighted by atomic mass is 9.91. The SMILES string of the molecule is Cc1cc2c(cc1C)[C@H]1[C@@H]3c4ccccc4[C@H]2[C@@H]31. The maximum absolute atomic E-state index is 2.47. The molecule has 0 spiro atoms. The molecule has 0 saturated heterocycles. The van der Waals surface area contributed by atoms with Crippen LogP contribution in [0.25, 0.3) is 0 Å². The third-order valence-corrected chi connectivity index (χ3v) is 5.54. The van der Waals surface area contributed by atoms with Gasteiger partial charge in [-0.1, -0.05) is 36.4 Å². The van der Waals surface area contributed by atoms with E-state index in [2.05, 4.69) is 50.2 Å². The van der Waals surface area contributed by atoms with E-state index < -0.39 is 0 Å². The second kappa shape index (κ2) is 2.71. The number of aryl methyl sites for hydroxylation is 2. The molecule has 4 atom stereocenters. The molecule has 0 unspecified atom stereocenters. The summed E-state index contributed by atoms with van der Waals surface area (Å²) in [4.78, 5) is 0. The predicted octanol–water partition coefficient (Wildman–Crippen LogP) is 4.26. The average molecular weight is 232 g/mol. The quantitative estimate of drug-likeness (QED) is 0.636. The van der Waals surface area contributed by atoms with Gasteiger partial charge >= 0.3 is 0 Å². The Hall–Kier alpha value is -1.56. The summed E-state index contributed by atoms with van der Waals surface area (Å²) >= 11 is 0. The van der Waals surface area contributed by atoms with Crippen molar-refractivity contribution < 1.29 is 0 Å². The first-order valence-corrected chi connectivity index (χ1v) is 6.97. The Morgan fingerprint density at radius 2 is 1.33 bits per heavy atom. The summed E-state index contributed by atoms with van der Waals surface area (Å²) in [5, 5.41) is 0. The smallest absolute Gasteiger partial charge is 0.0135 e. The van der Waals surface area contributed by atoms with E-state index in [1.165, 1.54) is 11.1 Å². The number of rotatable bonds is 0. The Labute approximate surface area is 108 Å². The van der Waals surface area contributed by atoms with Gasteiger partial charge in [-0.05, 0) is 65.0 Å². The molecular weight excluding hydrogens is 216 g/mol. The van der Waals surface area contributed by atoms with E-state index in [-0.39, 0.29) is 0 Å². The fourth-order valence-corrected chi connectivity index (χ4v) is 4.65. The molecule has 3 aliphatic carbocycles. The fourth-order valence-electron chi connectivity index (χ4n) is 4.65. The van der Waals surface area contributed by atoms with Crippen molar-refractivity contribution in [2.24, 2.45) is 5.92 Å². The third-order valence-electron chi connectivity index (χ3n) is 5.54. The molecule has 0 amide bonds. The summed E-state index contributed by atoms with van der Waals surface area (Å²) < 4.78 is 0. The maximum Gasteiger partial charge on any atom is 0.0135 e. The minimum atomic E-state index is 0.713. The van der Waals surface area contributed by atoms with Crippen LogP contribution in [0.15, 0.2) is 36.4 Å². The Bertz CT molecular complexity index is 695. The zero-order valence-electron chi connectivity index (χ0n) is 10.8. The molecule has 3 aliphatic rings. The highest BCUT2D eigenvalue weighted by Gasteiger charge is 2.66. The lowest BCUT2D eigenvalue weighted by Gasteiger charge is -2.13. The van der Waals surface area contributed by atoms with Crippen molar-refractivity contribution in [3.05, 3.63) is 69.8 Å². The molecule has 5 rings (SSSR count). The zero-order chi connectivity index (χ0) is 12.0. The van der Waals surface area contributed by atoms with Crippen molar-refractivity contribution in [3.8, 4) is 0 Å². The highest BCUT2D eigenvalue weighted by atomic mass is 14.7. The van der Waals surface area contributed by atoms with Crippen LogP contribution in [-0.4, -0.2) is 0 Å². The number of benzene rings is 2. The molecule has 0 heteroatoms. The van der Waals surface area contributed by atoms with Crippen LogP contribution in [0.4, 0.5) is 0 Å². The van der Waals surface area contributed by atoms with Crippen molar-refractivity contribution in [1.29, 1.82) is 0 Å². The van der Waals surface area contributed by atoms with E-state index in [0.717, 1.165) is 17.8 Å². The van der Waals surface area contributed by atoms with Gasteiger partial charge in [-0.3, -0.25) is 0 Å². The Balaban J connectivity index is 1.81. The molecule has 1 saturated carbocycles. The van der Waals surface area contributed by atoms with E-state index >= 15 is 0 Å². The summed E-state index contributed by atoms with van der Waals surface area (Å²) in [7, 11) is 0. The van der Waals surface area contributed by atoms with E-state index in [0.29, 0.717) is 5.92 Å². The van der Waals surface area contributed by atoms with E-state index in [1.807, 2.05) is 0 Å². The molecule has 18 heavy (non-hydrogen) atoms. The summed E-state index contributed by atoms with van der Waals surface area (Å²) in [6, 6.07) is 14.1. The molecule has 0 radical (unpaired) electrons. The van der Waals surface area contributed by atoms with Gasteiger partial charge in [0.05, 0.1) is 0 Å². The van der Waals surface area contributed by atoms with Crippen LogP contribution in [0, 0.1) is 19.8 Å². The topological polar surface area (TPSA) is 0 Å². The highest BCUT2D eigenvalue weighted by molar-refractivity contribution is 5.65. The summed E-state index contributed by atoms with van der Waals surface area (Å²) in [5.41, 5.74) is 9.47. The molecule has 2 aromatic rings. The van der Waals surface area contributed by atoms with Crippen molar-refractivity contribution >= 4 is 0 Å². The molecule has 0 bridgehead atoms. The number of hydrogen-bond acceptors (Lipinski definition) is 0. The van der Waals surface area contributed by atoms with Gasteiger partial charge in [0.1, 0.15) is 0 Å². The van der Waals surface area contributed by atoms with Crippen LogP contribution >= 0.6 is 0 Å². The predicted molar refractivity (Wildman–Crippen MR) is 73.2 cm³/mol. The third kappa shape index (κ3) is 0.849. The van der Waals surface area contributed by atoms with Crippen LogP contribution < -0.4 is 0 Å². The first kappa shape index (κ1) is 9.38. The summed E-state index contributed by atoms with van der Waals surface area (Å²) in [6.07, 6.45) is 0. The summed E-state index contributed by atoms with van der Waals surface area (Å²) in [6.45, 7) is 4.50. The van der Waals surface area contributed by atoms with Crippen molar-refractivity contribution in [2.75, 3.05) is 0 Å². The van der Waals surface area contributed by atoms with Gasteiger partial charge in [-0.2, -0.15) is 0 Å². The molecule has 0 heterocycles. The van der Waals surface area contributed by atoms with Gasteiger partial charge in [-0.15, -0.1) is 0 Å². The lowest BCUT2D eigenvalue weighted by Crippen LogP contribution is -1.98.